The third-order valence-electron chi connectivity index (χ3n) is 3.20. The first kappa shape index (κ1) is 17.0. The van der Waals surface area contributed by atoms with E-state index in [9.17, 15) is 8.42 Å². The molecule has 0 aliphatic rings. The van der Waals surface area contributed by atoms with Crippen LogP contribution in [0.4, 0.5) is 0 Å². The number of rotatable bonds is 6. The summed E-state index contributed by atoms with van der Waals surface area (Å²) in [7, 11) is -3.17. The van der Waals surface area contributed by atoms with Crippen molar-refractivity contribution in [3.8, 4) is 0 Å². The van der Waals surface area contributed by atoms with Gasteiger partial charge in [-0.25, -0.2) is 13.4 Å². The summed E-state index contributed by atoms with van der Waals surface area (Å²) in [5, 5.41) is 3.03. The number of pyridine rings is 1. The molecule has 0 amide bonds. The van der Waals surface area contributed by atoms with Gasteiger partial charge in [0, 0.05) is 31.1 Å². The zero-order valence-electron chi connectivity index (χ0n) is 12.9. The first-order valence-corrected chi connectivity index (χ1v) is 9.07. The standard InChI is InChI=1S/C16H20N4O2S/c1-23(21,22)15-7-5-13(6-8-15)12-20-16(17)19-11-9-14-4-2-3-10-18-14/h2-8,10H,9,11-12H2,1H3,(H3,17,19,20). The number of guanidine groups is 1. The molecule has 0 fully saturated rings. The SMILES string of the molecule is CS(=O)(=O)c1ccc(CN=C(N)NCCc2ccccn2)cc1. The van der Waals surface area contributed by atoms with Gasteiger partial charge in [-0.3, -0.25) is 4.98 Å². The summed E-state index contributed by atoms with van der Waals surface area (Å²) in [6, 6.07) is 12.4. The summed E-state index contributed by atoms with van der Waals surface area (Å²) in [4.78, 5) is 8.76. The Hall–Kier alpha value is -2.41. The van der Waals surface area contributed by atoms with Gasteiger partial charge < -0.3 is 11.1 Å². The summed E-state index contributed by atoms with van der Waals surface area (Å²) >= 11 is 0. The van der Waals surface area contributed by atoms with E-state index in [4.69, 9.17) is 5.73 Å². The van der Waals surface area contributed by atoms with Crippen LogP contribution in [0.1, 0.15) is 11.3 Å². The summed E-state index contributed by atoms with van der Waals surface area (Å²) in [6.45, 7) is 1.05. The second-order valence-corrected chi connectivity index (χ2v) is 7.13. The van der Waals surface area contributed by atoms with Crippen molar-refractivity contribution in [2.75, 3.05) is 12.8 Å². The highest BCUT2D eigenvalue weighted by molar-refractivity contribution is 7.90. The topological polar surface area (TPSA) is 97.4 Å². The lowest BCUT2D eigenvalue weighted by Crippen LogP contribution is -2.33. The van der Waals surface area contributed by atoms with Crippen LogP contribution in [0.5, 0.6) is 0 Å². The highest BCUT2D eigenvalue weighted by Crippen LogP contribution is 2.10. The summed E-state index contributed by atoms with van der Waals surface area (Å²) in [5.74, 6) is 0.355. The molecule has 2 aromatic rings. The molecule has 0 radical (unpaired) electrons. The minimum Gasteiger partial charge on any atom is -0.370 e. The number of nitrogens with zero attached hydrogens (tertiary/aromatic N) is 2. The Balaban J connectivity index is 1.82. The van der Waals surface area contributed by atoms with Gasteiger partial charge in [0.05, 0.1) is 11.4 Å². The molecule has 0 saturated carbocycles. The van der Waals surface area contributed by atoms with Crippen LogP contribution < -0.4 is 11.1 Å². The molecular weight excluding hydrogens is 312 g/mol. The number of benzene rings is 1. The monoisotopic (exact) mass is 332 g/mol. The van der Waals surface area contributed by atoms with Gasteiger partial charge >= 0.3 is 0 Å². The molecule has 0 spiro atoms. The van der Waals surface area contributed by atoms with Gasteiger partial charge in [-0.05, 0) is 29.8 Å². The largest absolute Gasteiger partial charge is 0.370 e. The maximum absolute atomic E-state index is 11.4. The number of nitrogens with one attached hydrogen (secondary N) is 1. The van der Waals surface area contributed by atoms with Crippen molar-refractivity contribution in [1.82, 2.24) is 10.3 Å². The van der Waals surface area contributed by atoms with Gasteiger partial charge in [-0.1, -0.05) is 18.2 Å². The minimum absolute atomic E-state index is 0.298. The normalized spacial score (nSPS) is 12.1. The number of hydrogen-bond donors (Lipinski definition) is 2. The van der Waals surface area contributed by atoms with Gasteiger partial charge in [-0.15, -0.1) is 0 Å². The molecule has 7 heteroatoms. The van der Waals surface area contributed by atoms with Crippen LogP contribution >= 0.6 is 0 Å². The summed E-state index contributed by atoms with van der Waals surface area (Å²) in [5.41, 5.74) is 7.69. The third kappa shape index (κ3) is 5.71. The average molecular weight is 332 g/mol. The van der Waals surface area contributed by atoms with Crippen LogP contribution in [0.15, 0.2) is 58.5 Å². The molecule has 0 aliphatic heterocycles. The molecule has 122 valence electrons. The number of nitrogens with two attached hydrogens (primary N) is 1. The molecule has 0 aliphatic carbocycles. The molecule has 2 rings (SSSR count). The Labute approximate surface area is 136 Å². The van der Waals surface area contributed by atoms with Crippen molar-refractivity contribution in [3.63, 3.8) is 0 Å². The van der Waals surface area contributed by atoms with E-state index in [0.717, 1.165) is 17.7 Å². The highest BCUT2D eigenvalue weighted by Gasteiger charge is 2.05. The Kier molecular flexibility index (Phi) is 5.70. The maximum atomic E-state index is 11.4. The van der Waals surface area contributed by atoms with E-state index in [0.29, 0.717) is 23.9 Å². The minimum atomic E-state index is -3.17. The van der Waals surface area contributed by atoms with Crippen LogP contribution in [-0.4, -0.2) is 32.2 Å². The van der Waals surface area contributed by atoms with Crippen LogP contribution in [0.25, 0.3) is 0 Å². The van der Waals surface area contributed by atoms with Gasteiger partial charge in [0.25, 0.3) is 0 Å². The van der Waals surface area contributed by atoms with Gasteiger partial charge in [0.15, 0.2) is 15.8 Å². The molecule has 0 unspecified atom stereocenters. The highest BCUT2D eigenvalue weighted by atomic mass is 32.2. The van der Waals surface area contributed by atoms with Gasteiger partial charge in [-0.2, -0.15) is 0 Å². The molecule has 23 heavy (non-hydrogen) atoms. The van der Waals surface area contributed by atoms with Crippen LogP contribution in [-0.2, 0) is 22.8 Å². The van der Waals surface area contributed by atoms with Crippen molar-refractivity contribution < 1.29 is 8.42 Å². The number of aromatic nitrogens is 1. The quantitative estimate of drug-likeness (QED) is 0.610. The molecular formula is C16H20N4O2S. The fourth-order valence-electron chi connectivity index (χ4n) is 1.94. The molecule has 1 aromatic carbocycles. The first-order chi connectivity index (χ1) is 10.9. The average Bonchev–Trinajstić information content (AvgIpc) is 2.53. The predicted octanol–water partition coefficient (Wildman–Crippen LogP) is 1.13. The molecule has 0 atom stereocenters. The molecule has 3 N–H and O–H groups in total. The molecule has 0 saturated heterocycles. The number of sulfone groups is 1. The number of hydrogen-bond acceptors (Lipinski definition) is 4. The summed E-state index contributed by atoms with van der Waals surface area (Å²) < 4.78 is 22.8. The van der Waals surface area contributed by atoms with Crippen molar-refractivity contribution in [1.29, 1.82) is 0 Å². The zero-order valence-corrected chi connectivity index (χ0v) is 13.8. The van der Waals surface area contributed by atoms with Crippen molar-refractivity contribution in [2.45, 2.75) is 17.9 Å². The van der Waals surface area contributed by atoms with E-state index in [2.05, 4.69) is 15.3 Å². The Morgan fingerprint density at radius 2 is 1.96 bits per heavy atom. The Bertz CT molecular complexity index is 756. The van der Waals surface area contributed by atoms with Crippen LogP contribution in [0, 0.1) is 0 Å². The smallest absolute Gasteiger partial charge is 0.188 e. The fourth-order valence-corrected chi connectivity index (χ4v) is 2.57. The van der Waals surface area contributed by atoms with E-state index >= 15 is 0 Å². The first-order valence-electron chi connectivity index (χ1n) is 7.18. The van der Waals surface area contributed by atoms with E-state index in [1.165, 1.54) is 6.26 Å². The predicted molar refractivity (Wildman–Crippen MR) is 90.8 cm³/mol. The molecule has 1 aromatic heterocycles. The summed E-state index contributed by atoms with van der Waals surface area (Å²) in [6.07, 6.45) is 3.71. The molecule has 0 bridgehead atoms. The van der Waals surface area contributed by atoms with Gasteiger partial charge in [0.2, 0.25) is 0 Å². The number of aliphatic imine (C=N–C) groups is 1. The zero-order chi connectivity index (χ0) is 16.7. The van der Waals surface area contributed by atoms with Crippen LogP contribution in [0.3, 0.4) is 0 Å². The fraction of sp³-hybridized carbons (Fsp3) is 0.250. The van der Waals surface area contributed by atoms with E-state index in [1.807, 2.05) is 18.2 Å². The Morgan fingerprint density at radius 1 is 1.22 bits per heavy atom. The second kappa shape index (κ2) is 7.73. The van der Waals surface area contributed by atoms with E-state index in [1.54, 1.807) is 30.5 Å². The third-order valence-corrected chi connectivity index (χ3v) is 4.33. The van der Waals surface area contributed by atoms with Crippen LogP contribution in [0.2, 0.25) is 0 Å². The van der Waals surface area contributed by atoms with Crippen molar-refractivity contribution >= 4 is 15.8 Å². The molecule has 1 heterocycles. The maximum Gasteiger partial charge on any atom is 0.188 e. The van der Waals surface area contributed by atoms with Crippen molar-refractivity contribution in [2.24, 2.45) is 10.7 Å². The lowest BCUT2D eigenvalue weighted by molar-refractivity contribution is 0.602. The Morgan fingerprint density at radius 3 is 2.57 bits per heavy atom. The lowest BCUT2D eigenvalue weighted by atomic mass is 10.2. The van der Waals surface area contributed by atoms with E-state index < -0.39 is 9.84 Å². The van der Waals surface area contributed by atoms with E-state index in [-0.39, 0.29) is 0 Å². The second-order valence-electron chi connectivity index (χ2n) is 5.12. The van der Waals surface area contributed by atoms with Gasteiger partial charge in [0.1, 0.15) is 0 Å². The lowest BCUT2D eigenvalue weighted by Gasteiger charge is -2.05. The molecule has 6 nitrogen and oxygen atoms in total. The van der Waals surface area contributed by atoms with Crippen molar-refractivity contribution in [3.05, 3.63) is 59.9 Å².